The van der Waals surface area contributed by atoms with E-state index < -0.39 is 24.2 Å². The summed E-state index contributed by atoms with van der Waals surface area (Å²) >= 11 is 3.13. The minimum absolute atomic E-state index is 0.277. The molecule has 5 unspecified atom stereocenters. The van der Waals surface area contributed by atoms with E-state index in [9.17, 15) is 14.7 Å². The maximum atomic E-state index is 12.0. The van der Waals surface area contributed by atoms with Gasteiger partial charge in [0.15, 0.2) is 0 Å². The molecule has 3 N–H and O–H groups in total. The molecule has 1 aliphatic rings. The Morgan fingerprint density at radius 3 is 2.46 bits per heavy atom. The van der Waals surface area contributed by atoms with Gasteiger partial charge in [0.25, 0.3) is 0 Å². The second kappa shape index (κ2) is 4.65. The molecule has 0 radical (unpaired) electrons. The minimum Gasteiger partial charge on any atom is -0.396 e. The molecule has 6 heteroatoms. The van der Waals surface area contributed by atoms with Crippen molar-refractivity contribution in [2.45, 2.75) is 29.6 Å². The fourth-order valence-corrected chi connectivity index (χ4v) is 2.35. The highest BCUT2D eigenvalue weighted by atomic mass is 79.9. The van der Waals surface area contributed by atoms with Gasteiger partial charge in [0, 0.05) is 17.4 Å². The third kappa shape index (κ3) is 2.19. The number of alkyl halides is 1. The minimum atomic E-state index is -1.31. The van der Waals surface area contributed by atoms with Gasteiger partial charge in [-0.15, -0.1) is 0 Å². The van der Waals surface area contributed by atoms with Crippen LogP contribution < -0.4 is 0 Å². The summed E-state index contributed by atoms with van der Waals surface area (Å²) in [6.07, 6.45) is -3.15. The summed E-state index contributed by atoms with van der Waals surface area (Å²) in [6, 6.07) is 0. The molecule has 78 valence electrons. The van der Waals surface area contributed by atoms with Crippen molar-refractivity contribution in [3.63, 3.8) is 0 Å². The third-order valence-electron chi connectivity index (χ3n) is 2.39. The topological polar surface area (TPSA) is 69.9 Å². The van der Waals surface area contributed by atoms with Crippen molar-refractivity contribution < 1.29 is 24.8 Å². The molecule has 0 aromatic rings. The monoisotopic (exact) mass is 258 g/mol. The van der Waals surface area contributed by atoms with Crippen LogP contribution in [0.5, 0.6) is 0 Å². The van der Waals surface area contributed by atoms with Gasteiger partial charge in [0.1, 0.15) is 12.2 Å². The van der Waals surface area contributed by atoms with Crippen LogP contribution in [0.2, 0.25) is 0 Å². The molecule has 0 amide bonds. The number of aliphatic hydroxyl groups is 3. The van der Waals surface area contributed by atoms with E-state index in [0.717, 1.165) is 0 Å². The average Bonchev–Trinajstić information content (AvgIpc) is 2.13. The fourth-order valence-electron chi connectivity index (χ4n) is 1.55. The van der Waals surface area contributed by atoms with E-state index >= 15 is 0 Å². The summed E-state index contributed by atoms with van der Waals surface area (Å²) in [5.41, 5.74) is 0. The lowest BCUT2D eigenvalue weighted by molar-refractivity contribution is -0.252. The standard InChI is InChI=1S/C7H12BrFO4/c8-4-1-3(2-10)7(13-9)6(12)5(4)11/h3-7,10-12H,1-2H2. The summed E-state index contributed by atoms with van der Waals surface area (Å²) in [5, 5.41) is 27.5. The van der Waals surface area contributed by atoms with Crippen LogP contribution in [0.4, 0.5) is 4.53 Å². The van der Waals surface area contributed by atoms with Crippen LogP contribution >= 0.6 is 15.9 Å². The lowest BCUT2D eigenvalue weighted by Gasteiger charge is -2.37. The predicted octanol–water partition coefficient (Wildman–Crippen LogP) is -0.246. The average molecular weight is 259 g/mol. The molecule has 5 atom stereocenters. The number of hydrogen-bond donors (Lipinski definition) is 3. The Hall–Kier alpha value is 0.250. The van der Waals surface area contributed by atoms with E-state index in [4.69, 9.17) is 5.11 Å². The van der Waals surface area contributed by atoms with E-state index in [0.29, 0.717) is 6.42 Å². The van der Waals surface area contributed by atoms with Crippen LogP contribution in [-0.2, 0) is 4.94 Å². The summed E-state index contributed by atoms with van der Waals surface area (Å²) in [7, 11) is 0. The smallest absolute Gasteiger partial charge is 0.132 e. The molecule has 0 bridgehead atoms. The molecular weight excluding hydrogens is 247 g/mol. The molecule has 4 nitrogen and oxygen atoms in total. The molecule has 0 aliphatic heterocycles. The van der Waals surface area contributed by atoms with E-state index in [2.05, 4.69) is 20.9 Å². The van der Waals surface area contributed by atoms with Gasteiger partial charge < -0.3 is 15.3 Å². The van der Waals surface area contributed by atoms with Gasteiger partial charge in [-0.3, -0.25) is 0 Å². The van der Waals surface area contributed by atoms with Crippen molar-refractivity contribution in [3.05, 3.63) is 0 Å². The zero-order valence-corrected chi connectivity index (χ0v) is 8.39. The number of rotatable bonds is 2. The van der Waals surface area contributed by atoms with Crippen molar-refractivity contribution in [2.75, 3.05) is 6.61 Å². The van der Waals surface area contributed by atoms with Gasteiger partial charge in [-0.05, 0) is 10.9 Å². The van der Waals surface area contributed by atoms with E-state index in [-0.39, 0.29) is 11.4 Å². The molecular formula is C7H12BrFO4. The normalized spacial score (nSPS) is 46.4. The van der Waals surface area contributed by atoms with Crippen molar-refractivity contribution in [1.29, 1.82) is 0 Å². The lowest BCUT2D eigenvalue weighted by Crippen LogP contribution is -2.52. The zero-order valence-electron chi connectivity index (χ0n) is 6.81. The first-order chi connectivity index (χ1) is 6.11. The van der Waals surface area contributed by atoms with Crippen LogP contribution in [0.3, 0.4) is 0 Å². The third-order valence-corrected chi connectivity index (χ3v) is 3.30. The van der Waals surface area contributed by atoms with E-state index in [1.54, 1.807) is 0 Å². The number of halogens is 2. The predicted molar refractivity (Wildman–Crippen MR) is 45.9 cm³/mol. The first kappa shape index (κ1) is 11.3. The van der Waals surface area contributed by atoms with Crippen LogP contribution in [-0.4, -0.2) is 45.1 Å². The Labute approximate surface area is 83.4 Å². The van der Waals surface area contributed by atoms with Gasteiger partial charge in [0.2, 0.25) is 0 Å². The molecule has 0 heterocycles. The van der Waals surface area contributed by atoms with Gasteiger partial charge in [-0.2, -0.15) is 4.94 Å². The van der Waals surface area contributed by atoms with Gasteiger partial charge in [-0.1, -0.05) is 15.9 Å². The van der Waals surface area contributed by atoms with Crippen molar-refractivity contribution in [1.82, 2.24) is 0 Å². The van der Waals surface area contributed by atoms with Crippen molar-refractivity contribution in [3.8, 4) is 0 Å². The molecule has 0 aromatic heterocycles. The van der Waals surface area contributed by atoms with Crippen LogP contribution in [0.25, 0.3) is 0 Å². The lowest BCUT2D eigenvalue weighted by atomic mass is 9.83. The molecule has 1 fully saturated rings. The largest absolute Gasteiger partial charge is 0.396 e. The Balaban J connectivity index is 2.69. The fraction of sp³-hybridized carbons (Fsp3) is 1.00. The highest BCUT2D eigenvalue weighted by molar-refractivity contribution is 9.09. The Bertz CT molecular complexity index is 169. The number of hydrogen-bond acceptors (Lipinski definition) is 4. The summed E-state index contributed by atoms with van der Waals surface area (Å²) in [4.78, 5) is 3.19. The molecule has 0 aromatic carbocycles. The van der Waals surface area contributed by atoms with Crippen LogP contribution in [0, 0.1) is 5.92 Å². The Morgan fingerprint density at radius 1 is 1.38 bits per heavy atom. The molecule has 1 saturated carbocycles. The molecule has 0 spiro atoms. The van der Waals surface area contributed by atoms with Crippen LogP contribution in [0.1, 0.15) is 6.42 Å². The van der Waals surface area contributed by atoms with Gasteiger partial charge in [0.05, 0.1) is 6.10 Å². The highest BCUT2D eigenvalue weighted by Crippen LogP contribution is 2.31. The summed E-state index contributed by atoms with van der Waals surface area (Å²) in [6.45, 7) is -0.277. The maximum Gasteiger partial charge on any atom is 0.132 e. The van der Waals surface area contributed by atoms with Gasteiger partial charge in [-0.25, -0.2) is 0 Å². The summed E-state index contributed by atoms with van der Waals surface area (Å²) < 4.78 is 12.0. The van der Waals surface area contributed by atoms with Crippen molar-refractivity contribution >= 4 is 15.9 Å². The Kier molecular flexibility index (Phi) is 4.06. The van der Waals surface area contributed by atoms with E-state index in [1.807, 2.05) is 0 Å². The molecule has 1 rings (SSSR count). The summed E-state index contributed by atoms with van der Waals surface area (Å²) in [5.74, 6) is -0.493. The molecule has 1 aliphatic carbocycles. The Morgan fingerprint density at radius 2 is 2.00 bits per heavy atom. The van der Waals surface area contributed by atoms with Gasteiger partial charge >= 0.3 is 0 Å². The molecule has 13 heavy (non-hydrogen) atoms. The number of aliphatic hydroxyl groups excluding tert-OH is 3. The SMILES string of the molecule is OCC1CC(Br)C(O)C(O)C1OF. The highest BCUT2D eigenvalue weighted by Gasteiger charge is 2.43. The second-order valence-corrected chi connectivity index (χ2v) is 4.41. The zero-order chi connectivity index (χ0) is 10.0. The van der Waals surface area contributed by atoms with E-state index in [1.165, 1.54) is 0 Å². The maximum absolute atomic E-state index is 12.0. The first-order valence-electron chi connectivity index (χ1n) is 4.00. The molecule has 0 saturated heterocycles. The van der Waals surface area contributed by atoms with Crippen LogP contribution in [0.15, 0.2) is 0 Å². The quantitative estimate of drug-likeness (QED) is 0.598. The first-order valence-corrected chi connectivity index (χ1v) is 4.91. The second-order valence-electron chi connectivity index (χ2n) is 3.23. The van der Waals surface area contributed by atoms with Crippen molar-refractivity contribution in [2.24, 2.45) is 5.92 Å².